The topological polar surface area (TPSA) is 55.1 Å². The number of hydrogen-bond donors (Lipinski definition) is 2. The van der Waals surface area contributed by atoms with Crippen molar-refractivity contribution in [2.24, 2.45) is 11.7 Å². The molecular weight excluding hydrogens is 267 g/mol. The minimum absolute atomic E-state index is 0.00149. The highest BCUT2D eigenvalue weighted by atomic mass is 19.1. The quantitative estimate of drug-likeness (QED) is 0.876. The van der Waals surface area contributed by atoms with Crippen molar-refractivity contribution >= 4 is 5.91 Å². The lowest BCUT2D eigenvalue weighted by Crippen LogP contribution is -2.44. The van der Waals surface area contributed by atoms with E-state index in [9.17, 15) is 9.18 Å². The van der Waals surface area contributed by atoms with E-state index in [1.807, 2.05) is 26.0 Å². The number of amides is 1. The van der Waals surface area contributed by atoms with E-state index in [-0.39, 0.29) is 29.1 Å². The van der Waals surface area contributed by atoms with Gasteiger partial charge in [0, 0.05) is 23.9 Å². The molecular formula is C17H25FN2O. The zero-order valence-corrected chi connectivity index (χ0v) is 12.9. The highest BCUT2D eigenvalue weighted by Crippen LogP contribution is 2.40. The van der Waals surface area contributed by atoms with Crippen LogP contribution in [0.25, 0.3) is 0 Å². The maximum Gasteiger partial charge on any atom is 0.224 e. The summed E-state index contributed by atoms with van der Waals surface area (Å²) in [7, 11) is 0. The first-order valence-electron chi connectivity index (χ1n) is 7.74. The van der Waals surface area contributed by atoms with Gasteiger partial charge in [-0.2, -0.15) is 0 Å². The molecule has 0 aliphatic heterocycles. The van der Waals surface area contributed by atoms with Gasteiger partial charge in [0.2, 0.25) is 5.91 Å². The zero-order valence-electron chi connectivity index (χ0n) is 12.9. The third-order valence-electron chi connectivity index (χ3n) is 4.82. The highest BCUT2D eigenvalue weighted by molar-refractivity contribution is 5.79. The average Bonchev–Trinajstić information content (AvgIpc) is 2.94. The van der Waals surface area contributed by atoms with Crippen molar-refractivity contribution in [3.8, 4) is 0 Å². The summed E-state index contributed by atoms with van der Waals surface area (Å²) in [6.45, 7) is 4.29. The van der Waals surface area contributed by atoms with Crippen molar-refractivity contribution in [3.63, 3.8) is 0 Å². The summed E-state index contributed by atoms with van der Waals surface area (Å²) in [5.41, 5.74) is 6.84. The Morgan fingerprint density at radius 3 is 2.38 bits per heavy atom. The van der Waals surface area contributed by atoms with E-state index in [0.29, 0.717) is 6.54 Å². The summed E-state index contributed by atoms with van der Waals surface area (Å²) in [4.78, 5) is 12.1. The molecule has 1 saturated carbocycles. The summed E-state index contributed by atoms with van der Waals surface area (Å²) in [5, 5.41) is 3.05. The van der Waals surface area contributed by atoms with E-state index >= 15 is 0 Å². The molecule has 1 fully saturated rings. The van der Waals surface area contributed by atoms with Crippen LogP contribution in [0.15, 0.2) is 24.3 Å². The molecule has 1 aromatic carbocycles. The van der Waals surface area contributed by atoms with Gasteiger partial charge in [0.05, 0.1) is 0 Å². The number of halogens is 1. The van der Waals surface area contributed by atoms with Crippen LogP contribution in [0, 0.1) is 11.7 Å². The number of rotatable bonds is 5. The highest BCUT2D eigenvalue weighted by Gasteiger charge is 2.36. The summed E-state index contributed by atoms with van der Waals surface area (Å²) >= 11 is 0. The van der Waals surface area contributed by atoms with Crippen molar-refractivity contribution in [3.05, 3.63) is 35.6 Å². The van der Waals surface area contributed by atoms with E-state index < -0.39 is 0 Å². The summed E-state index contributed by atoms with van der Waals surface area (Å²) in [6, 6.07) is 6.54. The minimum atomic E-state index is -0.221. The van der Waals surface area contributed by atoms with E-state index in [1.165, 1.54) is 12.1 Å². The van der Waals surface area contributed by atoms with Crippen molar-refractivity contribution < 1.29 is 9.18 Å². The third kappa shape index (κ3) is 3.62. The van der Waals surface area contributed by atoms with Gasteiger partial charge in [-0.25, -0.2) is 4.39 Å². The van der Waals surface area contributed by atoms with Crippen LogP contribution in [0.3, 0.4) is 0 Å². The zero-order chi connectivity index (χ0) is 15.5. The van der Waals surface area contributed by atoms with Gasteiger partial charge in [0.25, 0.3) is 0 Å². The second-order valence-corrected chi connectivity index (χ2v) is 6.36. The molecule has 2 unspecified atom stereocenters. The van der Waals surface area contributed by atoms with Crippen LogP contribution in [-0.2, 0) is 10.2 Å². The Bertz CT molecular complexity index is 478. The van der Waals surface area contributed by atoms with Crippen LogP contribution in [0.1, 0.15) is 45.1 Å². The molecule has 3 nitrogen and oxygen atoms in total. The second kappa shape index (κ2) is 6.56. The van der Waals surface area contributed by atoms with Gasteiger partial charge in [-0.15, -0.1) is 0 Å². The van der Waals surface area contributed by atoms with Crippen molar-refractivity contribution in [2.45, 2.75) is 51.0 Å². The first-order valence-corrected chi connectivity index (χ1v) is 7.74. The smallest absolute Gasteiger partial charge is 0.224 e. The molecule has 0 bridgehead atoms. The van der Waals surface area contributed by atoms with Crippen LogP contribution >= 0.6 is 0 Å². The van der Waals surface area contributed by atoms with Gasteiger partial charge in [-0.05, 0) is 37.5 Å². The van der Waals surface area contributed by atoms with E-state index in [2.05, 4.69) is 5.32 Å². The molecule has 0 aromatic heterocycles. The molecule has 3 N–H and O–H groups in total. The van der Waals surface area contributed by atoms with Gasteiger partial charge in [-0.1, -0.05) is 31.9 Å². The molecule has 2 rings (SSSR count). The number of benzene rings is 1. The fourth-order valence-corrected chi connectivity index (χ4v) is 3.08. The van der Waals surface area contributed by atoms with Gasteiger partial charge in [-0.3, -0.25) is 4.79 Å². The number of nitrogens with one attached hydrogen (secondary N) is 1. The third-order valence-corrected chi connectivity index (χ3v) is 4.82. The second-order valence-electron chi connectivity index (χ2n) is 6.36. The van der Waals surface area contributed by atoms with Crippen LogP contribution in [0.2, 0.25) is 0 Å². The lowest BCUT2D eigenvalue weighted by atomic mass is 9.78. The molecule has 116 valence electrons. The van der Waals surface area contributed by atoms with Gasteiger partial charge < -0.3 is 11.1 Å². The minimum Gasteiger partial charge on any atom is -0.355 e. The SMILES string of the molecule is CC(N)C(C)C(=O)NCC1(c2ccc(F)cc2)CCCC1. The normalized spacial score (nSPS) is 20.0. The maximum absolute atomic E-state index is 13.1. The van der Waals surface area contributed by atoms with Crippen molar-refractivity contribution in [1.82, 2.24) is 5.32 Å². The maximum atomic E-state index is 13.1. The van der Waals surface area contributed by atoms with Crippen LogP contribution in [0.4, 0.5) is 4.39 Å². The lowest BCUT2D eigenvalue weighted by molar-refractivity contribution is -0.125. The Hall–Kier alpha value is -1.42. The summed E-state index contributed by atoms with van der Waals surface area (Å²) in [6.07, 6.45) is 4.36. The first kappa shape index (κ1) is 16.0. The van der Waals surface area contributed by atoms with Crippen molar-refractivity contribution in [1.29, 1.82) is 0 Å². The number of carbonyl (C=O) groups excluding carboxylic acids is 1. The monoisotopic (exact) mass is 292 g/mol. The predicted octanol–water partition coefficient (Wildman–Crippen LogP) is 2.74. The number of carbonyl (C=O) groups is 1. The van der Waals surface area contributed by atoms with Crippen LogP contribution in [0.5, 0.6) is 0 Å². The fourth-order valence-electron chi connectivity index (χ4n) is 3.08. The molecule has 1 aromatic rings. The molecule has 0 saturated heterocycles. The van der Waals surface area contributed by atoms with Gasteiger partial charge in [0.1, 0.15) is 5.82 Å². The predicted molar refractivity (Wildman–Crippen MR) is 82.4 cm³/mol. The largest absolute Gasteiger partial charge is 0.355 e. The van der Waals surface area contributed by atoms with Crippen molar-refractivity contribution in [2.75, 3.05) is 6.54 Å². The molecule has 2 atom stereocenters. The molecule has 1 amide bonds. The van der Waals surface area contributed by atoms with E-state index in [4.69, 9.17) is 5.73 Å². The molecule has 0 heterocycles. The average molecular weight is 292 g/mol. The molecule has 1 aliphatic carbocycles. The Morgan fingerprint density at radius 1 is 1.29 bits per heavy atom. The summed E-state index contributed by atoms with van der Waals surface area (Å²) in [5.74, 6) is -0.420. The van der Waals surface area contributed by atoms with E-state index in [1.54, 1.807) is 0 Å². The Morgan fingerprint density at radius 2 is 1.86 bits per heavy atom. The standard InChI is InChI=1S/C17H25FN2O/c1-12(13(2)19)16(21)20-11-17(9-3-4-10-17)14-5-7-15(18)8-6-14/h5-8,12-13H,3-4,9-11,19H2,1-2H3,(H,20,21). The van der Waals surface area contributed by atoms with Crippen LogP contribution in [-0.4, -0.2) is 18.5 Å². The Labute approximate surface area is 126 Å². The van der Waals surface area contributed by atoms with Gasteiger partial charge in [0.15, 0.2) is 0 Å². The summed E-state index contributed by atoms with van der Waals surface area (Å²) < 4.78 is 13.1. The Balaban J connectivity index is 2.09. The fraction of sp³-hybridized carbons (Fsp3) is 0.588. The number of nitrogens with two attached hydrogens (primary N) is 1. The van der Waals surface area contributed by atoms with Gasteiger partial charge >= 0.3 is 0 Å². The Kier molecular flexibility index (Phi) is 4.99. The molecule has 0 spiro atoms. The molecule has 4 heteroatoms. The molecule has 21 heavy (non-hydrogen) atoms. The molecule has 1 aliphatic rings. The molecule has 0 radical (unpaired) electrons. The van der Waals surface area contributed by atoms with E-state index in [0.717, 1.165) is 31.2 Å². The first-order chi connectivity index (χ1) is 9.94. The van der Waals surface area contributed by atoms with Crippen LogP contribution < -0.4 is 11.1 Å². The lowest BCUT2D eigenvalue weighted by Gasteiger charge is -2.31. The number of hydrogen-bond acceptors (Lipinski definition) is 2.